The van der Waals surface area contributed by atoms with E-state index in [2.05, 4.69) is 48.0 Å². The quantitative estimate of drug-likeness (QED) is 0.197. The van der Waals surface area contributed by atoms with Crippen LogP contribution in [0.1, 0.15) is 13.8 Å². The van der Waals surface area contributed by atoms with Gasteiger partial charge in [-0.25, -0.2) is 0 Å². The minimum atomic E-state index is -1.24. The molecule has 3 aromatic heterocycles. The number of pyridine rings is 2. The van der Waals surface area contributed by atoms with Crippen molar-refractivity contribution in [1.82, 2.24) is 19.3 Å². The van der Waals surface area contributed by atoms with Crippen molar-refractivity contribution in [2.75, 3.05) is 0 Å². The van der Waals surface area contributed by atoms with E-state index < -0.39 is 3.60 Å². The molecule has 7 nitrogen and oxygen atoms in total. The van der Waals surface area contributed by atoms with Crippen LogP contribution in [0.25, 0.3) is 38.8 Å². The van der Waals surface area contributed by atoms with Crippen LogP contribution < -0.4 is 15.0 Å². The molecule has 36 heavy (non-hydrogen) atoms. The Hall–Kier alpha value is -3.08. The van der Waals surface area contributed by atoms with Crippen LogP contribution >= 0.6 is 37.9 Å². The third-order valence-corrected chi connectivity index (χ3v) is 5.73. The molecule has 0 radical (unpaired) electrons. The lowest BCUT2D eigenvalue weighted by Crippen LogP contribution is -2.22. The molecule has 5 rings (SSSR count). The number of rotatable bonds is 6. The number of fused-ring (bicyclic) bond motifs is 2. The van der Waals surface area contributed by atoms with E-state index in [9.17, 15) is 4.79 Å². The van der Waals surface area contributed by atoms with E-state index >= 15 is 0 Å². The predicted octanol–water partition coefficient (Wildman–Crippen LogP) is 5.51. The molecule has 0 fully saturated rings. The Morgan fingerprint density at radius 2 is 1.69 bits per heavy atom. The molecule has 0 aliphatic carbocycles. The molecule has 0 unspecified atom stereocenters. The van der Waals surface area contributed by atoms with Gasteiger partial charge in [-0.05, 0) is 67.9 Å². The van der Waals surface area contributed by atoms with Gasteiger partial charge in [-0.2, -0.15) is 10.1 Å². The fourth-order valence-corrected chi connectivity index (χ4v) is 4.38. The molecule has 0 aliphatic rings. The summed E-state index contributed by atoms with van der Waals surface area (Å²) in [6.07, 6.45) is 1.87. The lowest BCUT2D eigenvalue weighted by atomic mass is 10.0. The first-order valence-electron chi connectivity index (χ1n) is 11.2. The summed E-state index contributed by atoms with van der Waals surface area (Å²) in [4.78, 5) is 18.6. The fraction of sp³-hybridized carbons (Fsp3) is 0.192. The molecule has 0 saturated carbocycles. The predicted molar refractivity (Wildman–Crippen MR) is 153 cm³/mol. The van der Waals surface area contributed by atoms with Crippen LogP contribution in [0.4, 0.5) is 0 Å². The van der Waals surface area contributed by atoms with Crippen molar-refractivity contribution >= 4 is 59.8 Å². The van der Waals surface area contributed by atoms with Gasteiger partial charge in [-0.1, -0.05) is 6.07 Å². The highest BCUT2D eigenvalue weighted by Crippen LogP contribution is 2.30. The minimum Gasteiger partial charge on any atom is -0.475 e. The van der Waals surface area contributed by atoms with Crippen molar-refractivity contribution in [1.29, 1.82) is 0 Å². The molecule has 0 atom stereocenters. The third-order valence-electron chi connectivity index (χ3n) is 5.46. The van der Waals surface area contributed by atoms with Crippen LogP contribution in [-0.4, -0.2) is 29.0 Å². The van der Waals surface area contributed by atoms with Gasteiger partial charge in [-0.3, -0.25) is 14.0 Å². The third kappa shape index (κ3) is 5.07. The Morgan fingerprint density at radius 1 is 0.944 bits per heavy atom. The fourth-order valence-electron chi connectivity index (χ4n) is 4.06. The van der Waals surface area contributed by atoms with Gasteiger partial charge in [0, 0.05) is 35.6 Å². The number of hydrogen-bond donors (Lipinski definition) is 3. The monoisotopic (exact) mass is 536 g/mol. The van der Waals surface area contributed by atoms with Crippen molar-refractivity contribution in [2.24, 2.45) is 7.05 Å². The van der Waals surface area contributed by atoms with Gasteiger partial charge in [0.25, 0.3) is 5.56 Å². The van der Waals surface area contributed by atoms with E-state index in [1.165, 1.54) is 0 Å². The highest BCUT2D eigenvalue weighted by atomic mass is 32.2. The molecule has 5 aromatic rings. The zero-order valence-electron chi connectivity index (χ0n) is 19.8. The lowest BCUT2D eigenvalue weighted by molar-refractivity contribution is 0.233. The molecule has 2 aromatic carbocycles. The average molecular weight is 537 g/mol. The Balaban J connectivity index is 1.72. The van der Waals surface area contributed by atoms with Crippen molar-refractivity contribution in [2.45, 2.75) is 23.5 Å². The Morgan fingerprint density at radius 3 is 2.39 bits per heavy atom. The summed E-state index contributed by atoms with van der Waals surface area (Å²) >= 11 is 12.5. The second kappa shape index (κ2) is 9.42. The Labute approximate surface area is 224 Å². The van der Waals surface area contributed by atoms with Gasteiger partial charge >= 0.3 is 0 Å². The summed E-state index contributed by atoms with van der Waals surface area (Å²) in [6, 6.07) is 18.4. The molecule has 3 heterocycles. The Bertz CT molecular complexity index is 1640. The van der Waals surface area contributed by atoms with Gasteiger partial charge in [0.15, 0.2) is 5.65 Å². The van der Waals surface area contributed by atoms with Crippen LogP contribution in [0, 0.1) is 0 Å². The maximum atomic E-state index is 14.0. The number of ether oxygens (including phenoxy) is 2. The van der Waals surface area contributed by atoms with Crippen LogP contribution in [0.2, 0.25) is 0 Å². The van der Waals surface area contributed by atoms with Crippen molar-refractivity contribution in [3.8, 4) is 28.4 Å². The zero-order chi connectivity index (χ0) is 25.6. The molecule has 0 bridgehead atoms. The summed E-state index contributed by atoms with van der Waals surface area (Å²) in [6.45, 7) is 3.86. The molecule has 0 aliphatic heterocycles. The normalized spacial score (nSPS) is 12.0. The first kappa shape index (κ1) is 24.6. The maximum Gasteiger partial charge on any atom is 0.264 e. The highest BCUT2D eigenvalue weighted by molar-refractivity contribution is 8.16. The van der Waals surface area contributed by atoms with Crippen LogP contribution in [0.5, 0.6) is 11.6 Å². The largest absolute Gasteiger partial charge is 0.475 e. The van der Waals surface area contributed by atoms with Crippen molar-refractivity contribution in [3.63, 3.8) is 0 Å². The van der Waals surface area contributed by atoms with Crippen LogP contribution in [-0.2, 0) is 7.05 Å². The summed E-state index contributed by atoms with van der Waals surface area (Å²) in [5, 5.41) is 6.19. The summed E-state index contributed by atoms with van der Waals surface area (Å²) in [5.41, 5.74) is 3.12. The molecule has 0 N–H and O–H groups in total. The van der Waals surface area contributed by atoms with Gasteiger partial charge < -0.3 is 9.47 Å². The SMILES string of the molecule is CC(C)Oc1ccc2cc(-c3ccc4nn(C)cc4c3)c(=O)n(-c3ccc(OC(S)(S)S)cc3)c2n1. The summed E-state index contributed by atoms with van der Waals surface area (Å²) in [7, 11) is 1.87. The number of benzene rings is 2. The average Bonchev–Trinajstić information content (AvgIpc) is 3.17. The molecule has 0 amide bonds. The number of aromatic nitrogens is 4. The van der Waals surface area contributed by atoms with Crippen LogP contribution in [0.15, 0.2) is 71.7 Å². The van der Waals surface area contributed by atoms with Crippen molar-refractivity contribution in [3.05, 3.63) is 77.2 Å². The van der Waals surface area contributed by atoms with E-state index in [1.807, 2.05) is 63.5 Å². The highest BCUT2D eigenvalue weighted by Gasteiger charge is 2.18. The second-order valence-electron chi connectivity index (χ2n) is 8.67. The first-order chi connectivity index (χ1) is 17.1. The summed E-state index contributed by atoms with van der Waals surface area (Å²) in [5.74, 6) is 0.950. The lowest BCUT2D eigenvalue weighted by Gasteiger charge is -2.19. The summed E-state index contributed by atoms with van der Waals surface area (Å²) < 4.78 is 13.5. The van der Waals surface area contributed by atoms with Crippen molar-refractivity contribution < 1.29 is 9.47 Å². The maximum absolute atomic E-state index is 14.0. The van der Waals surface area contributed by atoms with E-state index in [4.69, 9.17) is 9.47 Å². The Kier molecular flexibility index (Phi) is 6.44. The topological polar surface area (TPSA) is 71.2 Å². The standard InChI is InChI=1S/C26H24N4O3S3/c1-15(2)32-23-11-5-17-13-21(16-4-10-22-18(12-16)14-29(3)28-22)25(31)30(24(17)27-23)19-6-8-20(9-7-19)33-26(34,35)36/h4-15,34-36H,1-3H3. The van der Waals surface area contributed by atoms with Gasteiger partial charge in [0.05, 0.1) is 17.3 Å². The van der Waals surface area contributed by atoms with E-state index in [1.54, 1.807) is 33.5 Å². The number of hydrogen-bond acceptors (Lipinski definition) is 8. The van der Waals surface area contributed by atoms with Crippen LogP contribution in [0.3, 0.4) is 0 Å². The molecule has 0 saturated heterocycles. The van der Waals surface area contributed by atoms with E-state index in [0.717, 1.165) is 21.9 Å². The zero-order valence-corrected chi connectivity index (χ0v) is 22.5. The first-order valence-corrected chi connectivity index (χ1v) is 12.6. The van der Waals surface area contributed by atoms with E-state index in [-0.39, 0.29) is 11.7 Å². The molecule has 184 valence electrons. The minimum absolute atomic E-state index is 0.0546. The molecular formula is C26H24N4O3S3. The number of nitrogens with zero attached hydrogens (tertiary/aromatic N) is 4. The number of aryl methyl sites for hydroxylation is 1. The second-order valence-corrected chi connectivity index (χ2v) is 11.6. The van der Waals surface area contributed by atoms with E-state index in [0.29, 0.717) is 28.5 Å². The van der Waals surface area contributed by atoms with Gasteiger partial charge in [0.2, 0.25) is 9.48 Å². The molecular weight excluding hydrogens is 513 g/mol. The smallest absolute Gasteiger partial charge is 0.264 e. The molecule has 10 heteroatoms. The van der Waals surface area contributed by atoms with Gasteiger partial charge in [-0.15, -0.1) is 37.9 Å². The van der Waals surface area contributed by atoms with Gasteiger partial charge in [0.1, 0.15) is 5.75 Å². The molecule has 0 spiro atoms. The number of thiol groups is 3.